The maximum Gasteiger partial charge on any atom is 0.509 e. The number of hydrogen-bond acceptors (Lipinski definition) is 7. The lowest BCUT2D eigenvalue weighted by atomic mass is 9.46. The first kappa shape index (κ1) is 24.1. The van der Waals surface area contributed by atoms with E-state index in [4.69, 9.17) is 9.47 Å². The Morgan fingerprint density at radius 3 is 2.67 bits per heavy atom. The number of fused-ring (bicyclic) bond motifs is 5. The van der Waals surface area contributed by atoms with Crippen molar-refractivity contribution >= 4 is 17.7 Å². The molecule has 0 heterocycles. The Morgan fingerprint density at radius 1 is 1.27 bits per heavy atom. The highest BCUT2D eigenvalue weighted by molar-refractivity contribution is 6.01. The van der Waals surface area contributed by atoms with E-state index in [2.05, 4.69) is 6.92 Å². The molecule has 7 nitrogen and oxygen atoms in total. The molecule has 0 aliphatic heterocycles. The molecular formula is C26H36O7. The third-order valence-corrected chi connectivity index (χ3v) is 9.26. The number of carbonyl (C=O) groups excluding carboxylic acids is 3. The van der Waals surface area contributed by atoms with E-state index < -0.39 is 41.1 Å². The molecule has 0 aromatic rings. The van der Waals surface area contributed by atoms with Gasteiger partial charge in [-0.2, -0.15) is 0 Å². The molecule has 0 aromatic carbocycles. The maximum absolute atomic E-state index is 13.3. The number of rotatable bonds is 5. The lowest BCUT2D eigenvalue weighted by molar-refractivity contribution is -0.189. The molecular weight excluding hydrogens is 424 g/mol. The van der Waals surface area contributed by atoms with Crippen LogP contribution in [0.3, 0.4) is 0 Å². The van der Waals surface area contributed by atoms with E-state index in [1.807, 2.05) is 26.8 Å². The van der Waals surface area contributed by atoms with Crippen molar-refractivity contribution in [3.8, 4) is 0 Å². The first-order valence-corrected chi connectivity index (χ1v) is 12.2. The molecule has 0 saturated heterocycles. The van der Waals surface area contributed by atoms with Gasteiger partial charge in [0, 0.05) is 22.7 Å². The van der Waals surface area contributed by atoms with Gasteiger partial charge < -0.3 is 19.7 Å². The van der Waals surface area contributed by atoms with Gasteiger partial charge in [-0.3, -0.25) is 9.59 Å². The summed E-state index contributed by atoms with van der Waals surface area (Å²) in [5, 5.41) is 21.4. The molecule has 0 spiro atoms. The highest BCUT2D eigenvalue weighted by Gasteiger charge is 2.73. The van der Waals surface area contributed by atoms with Crippen molar-refractivity contribution in [1.29, 1.82) is 0 Å². The van der Waals surface area contributed by atoms with E-state index >= 15 is 0 Å². The van der Waals surface area contributed by atoms with Crippen LogP contribution in [-0.2, 0) is 19.1 Å². The zero-order valence-electron chi connectivity index (χ0n) is 20.0. The van der Waals surface area contributed by atoms with Crippen molar-refractivity contribution in [2.45, 2.75) is 71.5 Å². The summed E-state index contributed by atoms with van der Waals surface area (Å²) < 4.78 is 11.0. The number of aliphatic hydroxyl groups excluding tert-OH is 2. The largest absolute Gasteiger partial charge is 0.509 e. The first-order chi connectivity index (χ1) is 15.5. The van der Waals surface area contributed by atoms with Gasteiger partial charge in [-0.25, -0.2) is 4.79 Å². The van der Waals surface area contributed by atoms with E-state index in [0.717, 1.165) is 18.4 Å². The standard InChI is InChI=1S/C26H36O7/c1-5-10-32-23(31)33-26(21(30)14-27)15(2)11-19-18-7-6-16-12-17(28)8-9-24(16,3)22(18)20(29)13-25(19,26)4/h8-9,12,15,18-20,22,27,29H,5-7,10-11,13-14H2,1-4H3/t15-,18+,19+,20?,22-,24+,25+,26+/m1/s1. The monoisotopic (exact) mass is 460 g/mol. The summed E-state index contributed by atoms with van der Waals surface area (Å²) in [4.78, 5) is 37.9. The number of carbonyl (C=O) groups is 3. The Labute approximate surface area is 195 Å². The third-order valence-electron chi connectivity index (χ3n) is 9.26. The normalized spacial score (nSPS) is 43.8. The Morgan fingerprint density at radius 2 is 2.00 bits per heavy atom. The summed E-state index contributed by atoms with van der Waals surface area (Å²) in [5.41, 5.74) is -1.77. The van der Waals surface area contributed by atoms with E-state index in [-0.39, 0.29) is 42.5 Å². The molecule has 0 bridgehead atoms. The second kappa shape index (κ2) is 8.35. The quantitative estimate of drug-likeness (QED) is 0.605. The molecule has 4 aliphatic carbocycles. The van der Waals surface area contributed by atoms with Crippen LogP contribution in [0.5, 0.6) is 0 Å². The van der Waals surface area contributed by atoms with E-state index in [9.17, 15) is 24.6 Å². The van der Waals surface area contributed by atoms with Crippen molar-refractivity contribution in [3.63, 3.8) is 0 Å². The number of allylic oxidation sites excluding steroid dienone is 4. The topological polar surface area (TPSA) is 110 Å². The summed E-state index contributed by atoms with van der Waals surface area (Å²) >= 11 is 0. The maximum atomic E-state index is 13.3. The fourth-order valence-corrected chi connectivity index (χ4v) is 7.98. The van der Waals surface area contributed by atoms with Gasteiger partial charge >= 0.3 is 6.16 Å². The molecule has 7 heteroatoms. The van der Waals surface area contributed by atoms with Gasteiger partial charge in [-0.1, -0.05) is 39.3 Å². The lowest BCUT2D eigenvalue weighted by Crippen LogP contribution is -2.64. The second-order valence-electron chi connectivity index (χ2n) is 10.9. The highest BCUT2D eigenvalue weighted by atomic mass is 16.7. The Balaban J connectivity index is 1.75. The van der Waals surface area contributed by atoms with Gasteiger partial charge in [0.2, 0.25) is 5.78 Å². The number of hydrogen-bond donors (Lipinski definition) is 2. The van der Waals surface area contributed by atoms with Crippen LogP contribution in [0.2, 0.25) is 0 Å². The summed E-state index contributed by atoms with van der Waals surface area (Å²) in [5.74, 6) is -0.883. The average molecular weight is 461 g/mol. The smallest absolute Gasteiger partial charge is 0.434 e. The van der Waals surface area contributed by atoms with Crippen molar-refractivity contribution in [2.24, 2.45) is 34.5 Å². The second-order valence-corrected chi connectivity index (χ2v) is 10.9. The van der Waals surface area contributed by atoms with E-state index in [1.165, 1.54) is 0 Å². The molecule has 1 unspecified atom stereocenters. The van der Waals surface area contributed by atoms with Gasteiger partial charge in [0.25, 0.3) is 0 Å². The zero-order valence-corrected chi connectivity index (χ0v) is 20.0. The van der Waals surface area contributed by atoms with E-state index in [1.54, 1.807) is 12.2 Å². The fraction of sp³-hybridized carbons (Fsp3) is 0.731. The van der Waals surface area contributed by atoms with Crippen molar-refractivity contribution in [2.75, 3.05) is 13.2 Å². The summed E-state index contributed by atoms with van der Waals surface area (Å²) in [7, 11) is 0. The molecule has 0 amide bonds. The molecule has 182 valence electrons. The lowest BCUT2D eigenvalue weighted by Gasteiger charge is -2.59. The Hall–Kier alpha value is -1.99. The van der Waals surface area contributed by atoms with Crippen molar-refractivity contribution < 1.29 is 34.1 Å². The van der Waals surface area contributed by atoms with Crippen molar-refractivity contribution in [1.82, 2.24) is 0 Å². The van der Waals surface area contributed by atoms with Crippen molar-refractivity contribution in [3.05, 3.63) is 23.8 Å². The summed E-state index contributed by atoms with van der Waals surface area (Å²) in [6, 6.07) is 0. The molecule has 3 fully saturated rings. The minimum Gasteiger partial charge on any atom is -0.434 e. The molecule has 2 N–H and O–H groups in total. The summed E-state index contributed by atoms with van der Waals surface area (Å²) in [6.45, 7) is 7.22. The van der Waals surface area contributed by atoms with Crippen LogP contribution in [0.4, 0.5) is 4.79 Å². The number of ether oxygens (including phenoxy) is 2. The number of aliphatic hydroxyl groups is 2. The van der Waals surface area contributed by atoms with Crippen LogP contribution in [0, 0.1) is 34.5 Å². The average Bonchev–Trinajstić information content (AvgIpc) is 2.99. The van der Waals surface area contributed by atoms with Crippen LogP contribution in [0.25, 0.3) is 0 Å². The highest BCUT2D eigenvalue weighted by Crippen LogP contribution is 2.69. The minimum atomic E-state index is -1.56. The molecule has 8 atom stereocenters. The molecule has 4 aliphatic rings. The van der Waals surface area contributed by atoms with Crippen LogP contribution in [0.1, 0.15) is 59.8 Å². The van der Waals surface area contributed by atoms with Gasteiger partial charge in [-0.05, 0) is 56.1 Å². The summed E-state index contributed by atoms with van der Waals surface area (Å²) in [6.07, 6.45) is 6.66. The Bertz CT molecular complexity index is 906. The van der Waals surface area contributed by atoms with Crippen LogP contribution >= 0.6 is 0 Å². The Kier molecular flexibility index (Phi) is 6.11. The van der Waals surface area contributed by atoms with Gasteiger partial charge in [-0.15, -0.1) is 0 Å². The SMILES string of the molecule is CCCOC(=O)O[C@]1(C(=O)CO)[C@H](C)C[C@H]2[C@@H]3CCC4=CC(=O)C=C[C@]4(C)[C@H]3C(O)C[C@@]21C. The zero-order chi connectivity index (χ0) is 24.2. The van der Waals surface area contributed by atoms with Gasteiger partial charge in [0.1, 0.15) is 6.61 Å². The van der Waals surface area contributed by atoms with Gasteiger partial charge in [0.15, 0.2) is 11.4 Å². The van der Waals surface area contributed by atoms with E-state index in [0.29, 0.717) is 12.8 Å². The minimum absolute atomic E-state index is 0.0137. The van der Waals surface area contributed by atoms with Gasteiger partial charge in [0.05, 0.1) is 12.7 Å². The first-order valence-electron chi connectivity index (χ1n) is 12.2. The predicted molar refractivity (Wildman–Crippen MR) is 120 cm³/mol. The third kappa shape index (κ3) is 3.34. The molecule has 0 radical (unpaired) electrons. The number of Topliss-reactive ketones (excluding diaryl/α,β-unsaturated/α-hetero) is 1. The van der Waals surface area contributed by atoms with Crippen LogP contribution < -0.4 is 0 Å². The molecule has 0 aromatic heterocycles. The fourth-order valence-electron chi connectivity index (χ4n) is 7.98. The van der Waals surface area contributed by atoms with Crippen LogP contribution in [0.15, 0.2) is 23.8 Å². The number of ketones is 2. The predicted octanol–water partition coefficient (Wildman–Crippen LogP) is 3.37. The molecule has 4 rings (SSSR count). The van der Waals surface area contributed by atoms with Crippen LogP contribution in [-0.4, -0.2) is 52.9 Å². The molecule has 3 saturated carbocycles. The molecule has 33 heavy (non-hydrogen) atoms.